The van der Waals surface area contributed by atoms with Crippen LogP contribution >= 0.6 is 0 Å². The minimum absolute atomic E-state index is 0.0593. The predicted molar refractivity (Wildman–Crippen MR) is 120 cm³/mol. The van der Waals surface area contributed by atoms with Crippen molar-refractivity contribution < 1.29 is 23.7 Å². The van der Waals surface area contributed by atoms with Crippen molar-refractivity contribution in [2.24, 2.45) is 0 Å². The van der Waals surface area contributed by atoms with Crippen LogP contribution in [0, 0.1) is 6.92 Å². The standard InChI is InChI=1S/C25H42O5/c1-5-8-15-26-19-23-25(28-17-10-7-3)22(27-16-9-6-2)18-24(30-23)29-21-14-12-11-13-20(21)4/h11-14,22-25H,5-10,15-19H2,1-4H3/t22-,23?,24-,25+/m1/s1. The van der Waals surface area contributed by atoms with Crippen molar-refractivity contribution in [2.75, 3.05) is 26.4 Å². The van der Waals surface area contributed by atoms with Gasteiger partial charge in [-0.05, 0) is 37.8 Å². The highest BCUT2D eigenvalue weighted by Gasteiger charge is 2.41. The van der Waals surface area contributed by atoms with Gasteiger partial charge in [0, 0.05) is 26.2 Å². The van der Waals surface area contributed by atoms with Crippen molar-refractivity contribution in [3.63, 3.8) is 0 Å². The van der Waals surface area contributed by atoms with Crippen LogP contribution in [0.25, 0.3) is 0 Å². The normalized spacial score (nSPS) is 24.1. The number of aryl methyl sites for hydroxylation is 1. The fourth-order valence-corrected chi connectivity index (χ4v) is 3.50. The maximum absolute atomic E-state index is 6.35. The van der Waals surface area contributed by atoms with E-state index in [2.05, 4.69) is 33.8 Å². The van der Waals surface area contributed by atoms with Crippen molar-refractivity contribution in [1.82, 2.24) is 0 Å². The zero-order valence-corrected chi connectivity index (χ0v) is 19.4. The Morgan fingerprint density at radius 3 is 2.27 bits per heavy atom. The van der Waals surface area contributed by atoms with Crippen LogP contribution in [0.2, 0.25) is 0 Å². The lowest BCUT2D eigenvalue weighted by atomic mass is 10.0. The first kappa shape index (κ1) is 25.1. The second-order valence-electron chi connectivity index (χ2n) is 8.10. The maximum Gasteiger partial charge on any atom is 0.202 e. The summed E-state index contributed by atoms with van der Waals surface area (Å²) in [5, 5.41) is 0. The van der Waals surface area contributed by atoms with Crippen LogP contribution in [0.15, 0.2) is 24.3 Å². The molecule has 0 bridgehead atoms. The van der Waals surface area contributed by atoms with E-state index in [0.29, 0.717) is 19.6 Å². The quantitative estimate of drug-likeness (QED) is 0.341. The van der Waals surface area contributed by atoms with E-state index < -0.39 is 0 Å². The molecule has 5 heteroatoms. The predicted octanol–water partition coefficient (Wildman–Crippen LogP) is 5.68. The second-order valence-corrected chi connectivity index (χ2v) is 8.10. The first-order valence-corrected chi connectivity index (χ1v) is 11.9. The van der Waals surface area contributed by atoms with Crippen LogP contribution in [-0.4, -0.2) is 51.0 Å². The molecular weight excluding hydrogens is 380 g/mol. The number of para-hydroxylation sites is 1. The van der Waals surface area contributed by atoms with Crippen LogP contribution in [0.5, 0.6) is 5.75 Å². The van der Waals surface area contributed by atoms with E-state index in [0.717, 1.165) is 63.1 Å². The van der Waals surface area contributed by atoms with Gasteiger partial charge in [-0.3, -0.25) is 0 Å². The molecule has 0 spiro atoms. The average molecular weight is 423 g/mol. The molecule has 0 N–H and O–H groups in total. The minimum Gasteiger partial charge on any atom is -0.465 e. The number of hydrogen-bond acceptors (Lipinski definition) is 5. The third kappa shape index (κ3) is 8.54. The number of rotatable bonds is 15. The molecule has 0 aliphatic carbocycles. The molecule has 0 radical (unpaired) electrons. The van der Waals surface area contributed by atoms with Gasteiger partial charge in [0.2, 0.25) is 6.29 Å². The molecule has 1 unspecified atom stereocenters. The topological polar surface area (TPSA) is 46.2 Å². The van der Waals surface area contributed by atoms with Gasteiger partial charge in [0.05, 0.1) is 12.7 Å². The smallest absolute Gasteiger partial charge is 0.202 e. The van der Waals surface area contributed by atoms with Crippen molar-refractivity contribution >= 4 is 0 Å². The summed E-state index contributed by atoms with van der Waals surface area (Å²) in [5.74, 6) is 0.853. The zero-order chi connectivity index (χ0) is 21.6. The SMILES string of the molecule is CCCCOCC1O[C@@H](Oc2ccccc2C)C[C@@H](OCCCC)[C@@H]1OCCCC. The Bertz CT molecular complexity index is 564. The Morgan fingerprint density at radius 2 is 1.57 bits per heavy atom. The third-order valence-electron chi connectivity index (χ3n) is 5.40. The molecule has 0 aromatic heterocycles. The lowest BCUT2D eigenvalue weighted by Gasteiger charge is -2.41. The third-order valence-corrected chi connectivity index (χ3v) is 5.40. The molecule has 1 aromatic rings. The highest BCUT2D eigenvalue weighted by molar-refractivity contribution is 5.31. The van der Waals surface area contributed by atoms with Crippen LogP contribution in [0.4, 0.5) is 0 Å². The molecule has 1 aliphatic heterocycles. The van der Waals surface area contributed by atoms with Crippen LogP contribution in [0.1, 0.15) is 71.3 Å². The molecule has 2 rings (SSSR count). The van der Waals surface area contributed by atoms with E-state index in [1.54, 1.807) is 0 Å². The van der Waals surface area contributed by atoms with Crippen molar-refractivity contribution in [3.8, 4) is 5.75 Å². The van der Waals surface area contributed by atoms with Crippen molar-refractivity contribution in [1.29, 1.82) is 0 Å². The lowest BCUT2D eigenvalue weighted by Crippen LogP contribution is -2.54. The molecule has 1 saturated heterocycles. The highest BCUT2D eigenvalue weighted by Crippen LogP contribution is 2.29. The van der Waals surface area contributed by atoms with Crippen LogP contribution in [0.3, 0.4) is 0 Å². The lowest BCUT2D eigenvalue weighted by molar-refractivity contribution is -0.253. The molecule has 1 aromatic carbocycles. The Hall–Kier alpha value is -1.14. The number of unbranched alkanes of at least 4 members (excludes halogenated alkanes) is 3. The number of benzene rings is 1. The molecular formula is C25H42O5. The minimum atomic E-state index is -0.372. The summed E-state index contributed by atoms with van der Waals surface area (Å²) in [4.78, 5) is 0. The monoisotopic (exact) mass is 422 g/mol. The van der Waals surface area contributed by atoms with Gasteiger partial charge in [-0.15, -0.1) is 0 Å². The van der Waals surface area contributed by atoms with Gasteiger partial charge in [-0.2, -0.15) is 0 Å². The largest absolute Gasteiger partial charge is 0.465 e. The van der Waals surface area contributed by atoms with Crippen molar-refractivity contribution in [3.05, 3.63) is 29.8 Å². The fraction of sp³-hybridized carbons (Fsp3) is 0.760. The molecule has 0 amide bonds. The Labute approximate surface area is 183 Å². The molecule has 1 heterocycles. The molecule has 4 atom stereocenters. The summed E-state index contributed by atoms with van der Waals surface area (Å²) in [5.41, 5.74) is 1.10. The summed E-state index contributed by atoms with van der Waals surface area (Å²) in [6, 6.07) is 8.04. The van der Waals surface area contributed by atoms with Gasteiger partial charge in [0.15, 0.2) is 0 Å². The average Bonchev–Trinajstić information content (AvgIpc) is 2.74. The van der Waals surface area contributed by atoms with Gasteiger partial charge in [0.1, 0.15) is 18.0 Å². The Morgan fingerprint density at radius 1 is 0.900 bits per heavy atom. The Kier molecular flexibility index (Phi) is 12.4. The first-order chi connectivity index (χ1) is 14.7. The van der Waals surface area contributed by atoms with E-state index in [9.17, 15) is 0 Å². The van der Waals surface area contributed by atoms with E-state index in [1.165, 1.54) is 0 Å². The Balaban J connectivity index is 2.09. The zero-order valence-electron chi connectivity index (χ0n) is 19.4. The van der Waals surface area contributed by atoms with E-state index in [1.807, 2.05) is 18.2 Å². The molecule has 1 aliphatic rings. The van der Waals surface area contributed by atoms with E-state index >= 15 is 0 Å². The molecule has 172 valence electrons. The van der Waals surface area contributed by atoms with Gasteiger partial charge in [-0.25, -0.2) is 0 Å². The van der Waals surface area contributed by atoms with Crippen LogP contribution in [-0.2, 0) is 18.9 Å². The molecule has 30 heavy (non-hydrogen) atoms. The molecule has 1 fully saturated rings. The summed E-state index contributed by atoms with van der Waals surface area (Å²) in [6.45, 7) is 11.3. The summed E-state index contributed by atoms with van der Waals surface area (Å²) in [7, 11) is 0. The first-order valence-electron chi connectivity index (χ1n) is 11.9. The highest BCUT2D eigenvalue weighted by atomic mass is 16.7. The fourth-order valence-electron chi connectivity index (χ4n) is 3.50. The van der Waals surface area contributed by atoms with Crippen molar-refractivity contribution in [2.45, 2.75) is 97.2 Å². The van der Waals surface area contributed by atoms with E-state index in [4.69, 9.17) is 23.7 Å². The van der Waals surface area contributed by atoms with Gasteiger partial charge in [0.25, 0.3) is 0 Å². The van der Waals surface area contributed by atoms with Gasteiger partial charge < -0.3 is 23.7 Å². The molecule has 0 saturated carbocycles. The van der Waals surface area contributed by atoms with E-state index in [-0.39, 0.29) is 24.6 Å². The number of ether oxygens (including phenoxy) is 5. The van der Waals surface area contributed by atoms with Crippen LogP contribution < -0.4 is 4.74 Å². The van der Waals surface area contributed by atoms with Gasteiger partial charge in [-0.1, -0.05) is 58.2 Å². The summed E-state index contributed by atoms with van der Waals surface area (Å²) >= 11 is 0. The van der Waals surface area contributed by atoms with Gasteiger partial charge >= 0.3 is 0 Å². The molecule has 5 nitrogen and oxygen atoms in total. The summed E-state index contributed by atoms with van der Waals surface area (Å²) in [6.07, 6.45) is 6.34. The summed E-state index contributed by atoms with van der Waals surface area (Å²) < 4.78 is 31.1. The second kappa shape index (κ2) is 14.8. The maximum atomic E-state index is 6.35. The number of hydrogen-bond donors (Lipinski definition) is 0.